The van der Waals surface area contributed by atoms with Gasteiger partial charge in [-0.3, -0.25) is 4.90 Å². The second kappa shape index (κ2) is 8.13. The van der Waals surface area contributed by atoms with Crippen LogP contribution in [0.4, 0.5) is 0 Å². The molecule has 0 bridgehead atoms. The minimum atomic E-state index is 0.553. The van der Waals surface area contributed by atoms with Crippen LogP contribution in [0.3, 0.4) is 0 Å². The predicted molar refractivity (Wildman–Crippen MR) is 76.0 cm³/mol. The van der Waals surface area contributed by atoms with E-state index in [1.807, 2.05) is 0 Å². The SMILES string of the molecule is CNC1CCCN(CCOC2CCCCCC2)C1. The molecule has 1 heterocycles. The fourth-order valence-corrected chi connectivity index (χ4v) is 3.25. The molecule has 2 rings (SSSR count). The number of nitrogens with zero attached hydrogens (tertiary/aromatic N) is 1. The molecule has 0 aromatic carbocycles. The summed E-state index contributed by atoms with van der Waals surface area (Å²) in [6.45, 7) is 4.51. The van der Waals surface area contributed by atoms with Gasteiger partial charge in [-0.2, -0.15) is 0 Å². The molecule has 0 aromatic heterocycles. The smallest absolute Gasteiger partial charge is 0.0597 e. The molecule has 0 radical (unpaired) electrons. The highest BCUT2D eigenvalue weighted by molar-refractivity contribution is 4.76. The Morgan fingerprint density at radius 1 is 1.06 bits per heavy atom. The number of hydrogen-bond acceptors (Lipinski definition) is 3. The molecule has 1 atom stereocenters. The van der Waals surface area contributed by atoms with Crippen LogP contribution in [0, 0.1) is 0 Å². The predicted octanol–water partition coefficient (Wildman–Crippen LogP) is 2.41. The normalized spacial score (nSPS) is 28.2. The van der Waals surface area contributed by atoms with E-state index in [-0.39, 0.29) is 0 Å². The monoisotopic (exact) mass is 254 g/mol. The summed E-state index contributed by atoms with van der Waals surface area (Å²) in [4.78, 5) is 2.56. The molecule has 1 aliphatic carbocycles. The highest BCUT2D eigenvalue weighted by atomic mass is 16.5. The van der Waals surface area contributed by atoms with Crippen molar-refractivity contribution in [2.75, 3.05) is 33.3 Å². The van der Waals surface area contributed by atoms with Crippen molar-refractivity contribution in [3.63, 3.8) is 0 Å². The lowest BCUT2D eigenvalue weighted by atomic mass is 10.1. The quantitative estimate of drug-likeness (QED) is 0.763. The standard InChI is InChI=1S/C15H30N2O/c1-16-14-7-6-10-17(13-14)11-12-18-15-8-4-2-3-5-9-15/h14-16H,2-13H2,1H3. The third-order valence-corrected chi connectivity index (χ3v) is 4.48. The number of likely N-dealkylation sites (tertiary alicyclic amines) is 1. The third kappa shape index (κ3) is 4.87. The number of ether oxygens (including phenoxy) is 1. The van der Waals surface area contributed by atoms with Gasteiger partial charge in [0.2, 0.25) is 0 Å². The first-order chi connectivity index (χ1) is 8.88. The molecule has 0 aromatic rings. The minimum absolute atomic E-state index is 0.553. The Balaban J connectivity index is 1.59. The van der Waals surface area contributed by atoms with Crippen molar-refractivity contribution in [1.29, 1.82) is 0 Å². The molecule has 0 spiro atoms. The molecule has 1 unspecified atom stereocenters. The largest absolute Gasteiger partial charge is 0.377 e. The number of nitrogens with one attached hydrogen (secondary N) is 1. The summed E-state index contributed by atoms with van der Waals surface area (Å²) in [6, 6.07) is 0.691. The molecule has 2 fully saturated rings. The Hall–Kier alpha value is -0.120. The van der Waals surface area contributed by atoms with Crippen LogP contribution in [-0.4, -0.2) is 50.3 Å². The second-order valence-electron chi connectivity index (χ2n) is 5.91. The number of likely N-dealkylation sites (N-methyl/N-ethyl adjacent to an activating group) is 1. The third-order valence-electron chi connectivity index (χ3n) is 4.48. The van der Waals surface area contributed by atoms with Crippen molar-refractivity contribution in [2.45, 2.75) is 63.5 Å². The van der Waals surface area contributed by atoms with Crippen molar-refractivity contribution in [1.82, 2.24) is 10.2 Å². The Morgan fingerprint density at radius 3 is 2.56 bits per heavy atom. The van der Waals surface area contributed by atoms with E-state index in [1.54, 1.807) is 0 Å². The van der Waals surface area contributed by atoms with E-state index in [0.717, 1.165) is 13.2 Å². The highest BCUT2D eigenvalue weighted by Gasteiger charge is 2.18. The zero-order chi connectivity index (χ0) is 12.6. The molecule has 18 heavy (non-hydrogen) atoms. The molecule has 1 saturated carbocycles. The lowest BCUT2D eigenvalue weighted by molar-refractivity contribution is 0.0243. The van der Waals surface area contributed by atoms with Gasteiger partial charge in [0.05, 0.1) is 12.7 Å². The Bertz CT molecular complexity index is 215. The summed E-state index contributed by atoms with van der Waals surface area (Å²) in [6.07, 6.45) is 11.4. The van der Waals surface area contributed by atoms with E-state index in [4.69, 9.17) is 4.74 Å². The van der Waals surface area contributed by atoms with Gasteiger partial charge >= 0.3 is 0 Å². The summed E-state index contributed by atoms with van der Waals surface area (Å²) >= 11 is 0. The average molecular weight is 254 g/mol. The molecule has 1 saturated heterocycles. The van der Waals surface area contributed by atoms with Gasteiger partial charge in [-0.1, -0.05) is 25.7 Å². The molecule has 3 heteroatoms. The van der Waals surface area contributed by atoms with Crippen molar-refractivity contribution in [2.24, 2.45) is 0 Å². The summed E-state index contributed by atoms with van der Waals surface area (Å²) in [7, 11) is 2.08. The molecule has 3 nitrogen and oxygen atoms in total. The van der Waals surface area contributed by atoms with Crippen molar-refractivity contribution < 1.29 is 4.74 Å². The maximum Gasteiger partial charge on any atom is 0.0597 e. The van der Waals surface area contributed by atoms with Crippen LogP contribution in [0.2, 0.25) is 0 Å². The van der Waals surface area contributed by atoms with E-state index in [2.05, 4.69) is 17.3 Å². The topological polar surface area (TPSA) is 24.5 Å². The van der Waals surface area contributed by atoms with Gasteiger partial charge in [-0.25, -0.2) is 0 Å². The van der Waals surface area contributed by atoms with Crippen molar-refractivity contribution in [3.05, 3.63) is 0 Å². The van der Waals surface area contributed by atoms with Gasteiger partial charge in [0, 0.05) is 19.1 Å². The van der Waals surface area contributed by atoms with E-state index < -0.39 is 0 Å². The van der Waals surface area contributed by atoms with Gasteiger partial charge in [-0.15, -0.1) is 0 Å². The van der Waals surface area contributed by atoms with Crippen LogP contribution in [0.15, 0.2) is 0 Å². The Morgan fingerprint density at radius 2 is 1.83 bits per heavy atom. The van der Waals surface area contributed by atoms with E-state index in [1.165, 1.54) is 64.5 Å². The van der Waals surface area contributed by atoms with Crippen LogP contribution in [-0.2, 0) is 4.74 Å². The van der Waals surface area contributed by atoms with Gasteiger partial charge in [0.25, 0.3) is 0 Å². The highest BCUT2D eigenvalue weighted by Crippen LogP contribution is 2.19. The van der Waals surface area contributed by atoms with Gasteiger partial charge in [-0.05, 0) is 39.3 Å². The van der Waals surface area contributed by atoms with Crippen LogP contribution in [0.25, 0.3) is 0 Å². The summed E-state index contributed by atoms with van der Waals surface area (Å²) < 4.78 is 6.07. The summed E-state index contributed by atoms with van der Waals surface area (Å²) in [5.41, 5.74) is 0. The maximum atomic E-state index is 6.07. The second-order valence-corrected chi connectivity index (χ2v) is 5.91. The van der Waals surface area contributed by atoms with E-state index in [0.29, 0.717) is 12.1 Å². The number of rotatable bonds is 5. The minimum Gasteiger partial charge on any atom is -0.377 e. The van der Waals surface area contributed by atoms with Crippen LogP contribution < -0.4 is 5.32 Å². The van der Waals surface area contributed by atoms with E-state index in [9.17, 15) is 0 Å². The molecular formula is C15H30N2O. The fraction of sp³-hybridized carbons (Fsp3) is 1.00. The molecule has 1 aliphatic heterocycles. The number of piperidine rings is 1. The zero-order valence-corrected chi connectivity index (χ0v) is 12.0. The molecule has 0 amide bonds. The molecule has 1 N–H and O–H groups in total. The van der Waals surface area contributed by atoms with E-state index >= 15 is 0 Å². The van der Waals surface area contributed by atoms with Crippen molar-refractivity contribution in [3.8, 4) is 0 Å². The zero-order valence-electron chi connectivity index (χ0n) is 12.0. The summed E-state index contributed by atoms with van der Waals surface area (Å²) in [5, 5.41) is 3.40. The van der Waals surface area contributed by atoms with Gasteiger partial charge in [0.1, 0.15) is 0 Å². The molecule has 106 valence electrons. The average Bonchev–Trinajstić information content (AvgIpc) is 2.68. The lowest BCUT2D eigenvalue weighted by Gasteiger charge is -2.32. The van der Waals surface area contributed by atoms with Crippen molar-refractivity contribution >= 4 is 0 Å². The first-order valence-corrected chi connectivity index (χ1v) is 7.89. The lowest BCUT2D eigenvalue weighted by Crippen LogP contribution is -2.45. The van der Waals surface area contributed by atoms with Crippen LogP contribution in [0.1, 0.15) is 51.4 Å². The molecular weight excluding hydrogens is 224 g/mol. The van der Waals surface area contributed by atoms with Crippen LogP contribution >= 0.6 is 0 Å². The first-order valence-electron chi connectivity index (χ1n) is 7.89. The molecule has 2 aliphatic rings. The fourth-order valence-electron chi connectivity index (χ4n) is 3.25. The van der Waals surface area contributed by atoms with Gasteiger partial charge in [0.15, 0.2) is 0 Å². The Kier molecular flexibility index (Phi) is 6.46. The number of hydrogen-bond donors (Lipinski definition) is 1. The maximum absolute atomic E-state index is 6.07. The van der Waals surface area contributed by atoms with Crippen LogP contribution in [0.5, 0.6) is 0 Å². The van der Waals surface area contributed by atoms with Gasteiger partial charge < -0.3 is 10.1 Å². The summed E-state index contributed by atoms with van der Waals surface area (Å²) in [5.74, 6) is 0. The Labute approximate surface area is 112 Å². The first kappa shape index (κ1) is 14.3.